The van der Waals surface area contributed by atoms with Gasteiger partial charge in [0.1, 0.15) is 11.2 Å². The molecule has 7 aromatic rings. The van der Waals surface area contributed by atoms with Gasteiger partial charge in [-0.1, -0.05) is 100 Å². The summed E-state index contributed by atoms with van der Waals surface area (Å²) in [7, 11) is 0. The average Bonchev–Trinajstić information content (AvgIpc) is 3.51. The van der Waals surface area contributed by atoms with Crippen LogP contribution in [-0.4, -0.2) is 0 Å². The minimum Gasteiger partial charge on any atom is -0.455 e. The van der Waals surface area contributed by atoms with E-state index in [-0.39, 0.29) is 5.41 Å². The number of para-hydroxylation sites is 2. The van der Waals surface area contributed by atoms with E-state index < -0.39 is 0 Å². The van der Waals surface area contributed by atoms with E-state index in [1.807, 2.05) is 12.1 Å². The Hall–Kier alpha value is -4.12. The summed E-state index contributed by atoms with van der Waals surface area (Å²) < 4.78 is 8.52. The number of fused-ring (bicyclic) bond motifs is 6. The van der Waals surface area contributed by atoms with Crippen LogP contribution in [0.2, 0.25) is 0 Å². The molecule has 1 aromatic heterocycles. The number of benzene rings is 6. The maximum Gasteiger partial charge on any atom is 0.143 e. The highest BCUT2D eigenvalue weighted by Gasteiger charge is 2.36. The predicted octanol–water partition coefficient (Wildman–Crippen LogP) is 12.6. The van der Waals surface area contributed by atoms with Crippen molar-refractivity contribution in [3.63, 3.8) is 0 Å². The van der Waals surface area contributed by atoms with Crippen molar-refractivity contribution in [1.29, 1.82) is 0 Å². The number of halogens is 2. The summed E-state index contributed by atoms with van der Waals surface area (Å²) in [6.45, 7) is 4.69. The summed E-state index contributed by atoms with van der Waals surface area (Å²) >= 11 is 7.21. The maximum absolute atomic E-state index is 6.40. The van der Waals surface area contributed by atoms with Gasteiger partial charge in [-0.2, -0.15) is 0 Å². The Kier molecular flexibility index (Phi) is 6.15. The standard InChI is InChI=1S/C39H27Br2NO/c1-39(2)35-22-24(30-7-5-8-34-33-6-3-4-9-37(33)43-38(30)34)10-20-31(35)32-21-19-29(23-36(32)39)42(27-15-11-25(40)12-16-27)28-17-13-26(41)14-18-28/h3-23H,1-2H3. The van der Waals surface area contributed by atoms with Crippen molar-refractivity contribution in [3.05, 3.63) is 147 Å². The number of hydrogen-bond donors (Lipinski definition) is 0. The van der Waals surface area contributed by atoms with E-state index in [2.05, 4.69) is 166 Å². The van der Waals surface area contributed by atoms with Crippen molar-refractivity contribution in [2.75, 3.05) is 4.90 Å². The first kappa shape index (κ1) is 26.5. The third-order valence-corrected chi connectivity index (χ3v) is 9.86. The van der Waals surface area contributed by atoms with Gasteiger partial charge >= 0.3 is 0 Å². The first-order valence-corrected chi connectivity index (χ1v) is 16.0. The first-order valence-electron chi connectivity index (χ1n) is 14.4. The third kappa shape index (κ3) is 4.27. The van der Waals surface area contributed by atoms with E-state index in [0.29, 0.717) is 0 Å². The molecule has 1 aliphatic rings. The van der Waals surface area contributed by atoms with Crippen molar-refractivity contribution in [2.45, 2.75) is 19.3 Å². The van der Waals surface area contributed by atoms with Crippen LogP contribution < -0.4 is 4.90 Å². The molecular formula is C39H27Br2NO. The Morgan fingerprint density at radius 1 is 0.535 bits per heavy atom. The molecule has 0 N–H and O–H groups in total. The van der Waals surface area contributed by atoms with Crippen LogP contribution in [0.3, 0.4) is 0 Å². The largest absolute Gasteiger partial charge is 0.455 e. The second-order valence-electron chi connectivity index (χ2n) is 11.7. The van der Waals surface area contributed by atoms with Gasteiger partial charge in [0.05, 0.1) is 0 Å². The fraction of sp³-hybridized carbons (Fsp3) is 0.0769. The Bertz CT molecular complexity index is 2130. The van der Waals surface area contributed by atoms with E-state index in [0.717, 1.165) is 53.5 Å². The van der Waals surface area contributed by atoms with Crippen LogP contribution in [0.25, 0.3) is 44.2 Å². The highest BCUT2D eigenvalue weighted by molar-refractivity contribution is 9.10. The van der Waals surface area contributed by atoms with E-state index in [1.54, 1.807) is 0 Å². The zero-order valence-corrected chi connectivity index (χ0v) is 26.9. The molecule has 0 fully saturated rings. The number of anilines is 3. The second-order valence-corrected chi connectivity index (χ2v) is 13.5. The molecule has 43 heavy (non-hydrogen) atoms. The average molecular weight is 685 g/mol. The molecule has 0 atom stereocenters. The molecule has 0 saturated carbocycles. The summed E-state index contributed by atoms with van der Waals surface area (Å²) in [4.78, 5) is 2.33. The van der Waals surface area contributed by atoms with E-state index in [9.17, 15) is 0 Å². The SMILES string of the molecule is CC1(C)c2cc(-c3cccc4c3oc3ccccc34)ccc2-c2ccc(N(c3ccc(Br)cc3)c3ccc(Br)cc3)cc21. The maximum atomic E-state index is 6.40. The number of furan rings is 1. The van der Waals surface area contributed by atoms with E-state index in [4.69, 9.17) is 4.42 Å². The van der Waals surface area contributed by atoms with Gasteiger partial charge in [-0.15, -0.1) is 0 Å². The molecule has 0 amide bonds. The Morgan fingerprint density at radius 2 is 1.12 bits per heavy atom. The van der Waals surface area contributed by atoms with E-state index in [1.165, 1.54) is 27.8 Å². The van der Waals surface area contributed by atoms with Crippen LogP contribution in [0.1, 0.15) is 25.0 Å². The smallest absolute Gasteiger partial charge is 0.143 e. The lowest BCUT2D eigenvalue weighted by Crippen LogP contribution is -2.16. The van der Waals surface area contributed by atoms with Crippen molar-refractivity contribution in [1.82, 2.24) is 0 Å². The van der Waals surface area contributed by atoms with Crippen LogP contribution in [-0.2, 0) is 5.41 Å². The van der Waals surface area contributed by atoms with Gasteiger partial charge in [0, 0.05) is 47.8 Å². The van der Waals surface area contributed by atoms with Gasteiger partial charge in [-0.05, 0) is 101 Å². The van der Waals surface area contributed by atoms with Gasteiger partial charge in [-0.3, -0.25) is 0 Å². The third-order valence-electron chi connectivity index (χ3n) is 8.80. The summed E-state index contributed by atoms with van der Waals surface area (Å²) in [5.74, 6) is 0. The lowest BCUT2D eigenvalue weighted by atomic mass is 9.81. The quantitative estimate of drug-likeness (QED) is 0.183. The van der Waals surface area contributed by atoms with Crippen molar-refractivity contribution < 1.29 is 4.42 Å². The Balaban J connectivity index is 1.25. The van der Waals surface area contributed by atoms with Crippen molar-refractivity contribution in [3.8, 4) is 22.3 Å². The minimum atomic E-state index is -0.177. The molecule has 208 valence electrons. The fourth-order valence-corrected chi connectivity index (χ4v) is 7.16. The number of hydrogen-bond acceptors (Lipinski definition) is 2. The van der Waals surface area contributed by atoms with E-state index >= 15 is 0 Å². The number of rotatable bonds is 4. The van der Waals surface area contributed by atoms with Crippen LogP contribution >= 0.6 is 31.9 Å². The van der Waals surface area contributed by atoms with Crippen LogP contribution in [0, 0.1) is 0 Å². The summed E-state index contributed by atoms with van der Waals surface area (Å²) in [6, 6.07) is 45.6. The van der Waals surface area contributed by atoms with Gasteiger partial charge < -0.3 is 9.32 Å². The van der Waals surface area contributed by atoms with Gasteiger partial charge in [0.25, 0.3) is 0 Å². The van der Waals surface area contributed by atoms with Gasteiger partial charge in [-0.25, -0.2) is 0 Å². The molecule has 0 bridgehead atoms. The first-order chi connectivity index (χ1) is 20.9. The molecule has 0 radical (unpaired) electrons. The molecule has 0 unspecified atom stereocenters. The van der Waals surface area contributed by atoms with Gasteiger partial charge in [0.15, 0.2) is 0 Å². The fourth-order valence-electron chi connectivity index (χ4n) is 6.63. The summed E-state index contributed by atoms with van der Waals surface area (Å²) in [6.07, 6.45) is 0. The predicted molar refractivity (Wildman–Crippen MR) is 187 cm³/mol. The molecule has 0 spiro atoms. The monoisotopic (exact) mass is 683 g/mol. The molecule has 8 rings (SSSR count). The topological polar surface area (TPSA) is 16.4 Å². The zero-order valence-electron chi connectivity index (χ0n) is 23.7. The molecule has 0 saturated heterocycles. The molecule has 4 heteroatoms. The molecule has 1 aliphatic carbocycles. The minimum absolute atomic E-state index is 0.177. The highest BCUT2D eigenvalue weighted by Crippen LogP contribution is 2.52. The lowest BCUT2D eigenvalue weighted by Gasteiger charge is -2.28. The number of nitrogens with zero attached hydrogens (tertiary/aromatic N) is 1. The lowest BCUT2D eigenvalue weighted by molar-refractivity contribution is 0.660. The Labute approximate surface area is 267 Å². The normalized spacial score (nSPS) is 13.3. The highest BCUT2D eigenvalue weighted by atomic mass is 79.9. The van der Waals surface area contributed by atoms with Crippen molar-refractivity contribution >= 4 is 70.9 Å². The molecule has 6 aromatic carbocycles. The molecule has 0 aliphatic heterocycles. The zero-order chi connectivity index (χ0) is 29.3. The molecule has 2 nitrogen and oxygen atoms in total. The molecular weight excluding hydrogens is 658 g/mol. The second kappa shape index (κ2) is 9.97. The van der Waals surface area contributed by atoms with Crippen molar-refractivity contribution in [2.24, 2.45) is 0 Å². The summed E-state index contributed by atoms with van der Waals surface area (Å²) in [5.41, 5.74) is 12.6. The van der Waals surface area contributed by atoms with Crippen LogP contribution in [0.5, 0.6) is 0 Å². The van der Waals surface area contributed by atoms with Gasteiger partial charge in [0.2, 0.25) is 0 Å². The Morgan fingerprint density at radius 3 is 1.81 bits per heavy atom. The molecule has 1 heterocycles. The van der Waals surface area contributed by atoms with Crippen LogP contribution in [0.15, 0.2) is 141 Å². The summed E-state index contributed by atoms with van der Waals surface area (Å²) in [5, 5.41) is 2.31. The van der Waals surface area contributed by atoms with Crippen LogP contribution in [0.4, 0.5) is 17.1 Å².